The van der Waals surface area contributed by atoms with Crippen molar-refractivity contribution in [3.05, 3.63) is 59.5 Å². The number of hydrogen-bond acceptors (Lipinski definition) is 4. The molecule has 1 aromatic carbocycles. The molecule has 126 valence electrons. The number of nitrogens with zero attached hydrogens (tertiary/aromatic N) is 2. The Morgan fingerprint density at radius 1 is 0.960 bits per heavy atom. The van der Waals surface area contributed by atoms with Gasteiger partial charge in [0, 0.05) is 17.2 Å². The summed E-state index contributed by atoms with van der Waals surface area (Å²) >= 11 is 0. The van der Waals surface area contributed by atoms with Gasteiger partial charge in [0.15, 0.2) is 5.69 Å². The Morgan fingerprint density at radius 3 is 2.48 bits per heavy atom. The maximum atomic E-state index is 12.1. The third-order valence-corrected chi connectivity index (χ3v) is 4.03. The van der Waals surface area contributed by atoms with Crippen LogP contribution in [0.25, 0.3) is 11.3 Å². The van der Waals surface area contributed by atoms with Gasteiger partial charge in [0.2, 0.25) is 0 Å². The van der Waals surface area contributed by atoms with Crippen molar-refractivity contribution < 1.29 is 9.59 Å². The van der Waals surface area contributed by atoms with Crippen LogP contribution in [0.5, 0.6) is 0 Å². The molecule has 1 aliphatic carbocycles. The molecule has 2 amide bonds. The first-order chi connectivity index (χ1) is 12.2. The molecule has 2 aromatic heterocycles. The van der Waals surface area contributed by atoms with Crippen LogP contribution in [-0.4, -0.2) is 32.2 Å². The Bertz CT molecular complexity index is 910. The summed E-state index contributed by atoms with van der Waals surface area (Å²) in [6.45, 7) is 0. The van der Waals surface area contributed by atoms with Crippen LogP contribution in [0.1, 0.15) is 45.4 Å². The quantitative estimate of drug-likeness (QED) is 0.543. The number of amides is 2. The first-order valence-corrected chi connectivity index (χ1v) is 7.97. The van der Waals surface area contributed by atoms with Crippen molar-refractivity contribution >= 4 is 11.8 Å². The number of hydrazine groups is 1. The summed E-state index contributed by atoms with van der Waals surface area (Å²) in [6, 6.07) is 12.8. The summed E-state index contributed by atoms with van der Waals surface area (Å²) in [5.74, 6) is -0.481. The lowest BCUT2D eigenvalue weighted by Gasteiger charge is -2.03. The van der Waals surface area contributed by atoms with Gasteiger partial charge in [-0.05, 0) is 25.0 Å². The van der Waals surface area contributed by atoms with E-state index in [9.17, 15) is 9.59 Å². The monoisotopic (exact) mass is 336 g/mol. The van der Waals surface area contributed by atoms with E-state index in [4.69, 9.17) is 0 Å². The van der Waals surface area contributed by atoms with Crippen LogP contribution in [0.2, 0.25) is 0 Å². The molecule has 25 heavy (non-hydrogen) atoms. The second-order valence-corrected chi connectivity index (χ2v) is 5.92. The van der Waals surface area contributed by atoms with Crippen molar-refractivity contribution in [3.63, 3.8) is 0 Å². The molecule has 3 aromatic rings. The normalized spacial score (nSPS) is 13.4. The lowest BCUT2D eigenvalue weighted by Crippen LogP contribution is -2.41. The van der Waals surface area contributed by atoms with Gasteiger partial charge in [-0.3, -0.25) is 30.6 Å². The maximum Gasteiger partial charge on any atom is 0.290 e. The highest BCUT2D eigenvalue weighted by molar-refractivity contribution is 5.97. The summed E-state index contributed by atoms with van der Waals surface area (Å²) in [5.41, 5.74) is 7.70. The minimum absolute atomic E-state index is 0.247. The Hall–Kier alpha value is -3.42. The molecule has 0 atom stereocenters. The molecule has 1 saturated carbocycles. The van der Waals surface area contributed by atoms with Gasteiger partial charge >= 0.3 is 0 Å². The molecule has 1 aliphatic rings. The van der Waals surface area contributed by atoms with Crippen molar-refractivity contribution in [2.45, 2.75) is 18.8 Å². The zero-order valence-corrected chi connectivity index (χ0v) is 13.2. The minimum Gasteiger partial charge on any atom is -0.281 e. The molecule has 2 heterocycles. The summed E-state index contributed by atoms with van der Waals surface area (Å²) in [7, 11) is 0. The van der Waals surface area contributed by atoms with E-state index >= 15 is 0 Å². The predicted octanol–water partition coefficient (Wildman–Crippen LogP) is 1.75. The average Bonchev–Trinajstić information content (AvgIpc) is 3.18. The van der Waals surface area contributed by atoms with Gasteiger partial charge in [0.1, 0.15) is 5.69 Å². The molecule has 0 aliphatic heterocycles. The molecule has 0 bridgehead atoms. The molecule has 8 heteroatoms. The standard InChI is InChI=1S/C17H16N6O2/c24-16(14-8-12(18-20-14)10-4-2-1-3-5-10)22-23-17(25)15-9-13(19-21-15)11-6-7-11/h1-5,8-9,11H,6-7H2,(H,18,20)(H,19,21)(H,22,24)(H,23,25). The molecular formula is C17H16N6O2. The average molecular weight is 336 g/mol. The van der Waals surface area contributed by atoms with Gasteiger partial charge in [-0.2, -0.15) is 10.2 Å². The van der Waals surface area contributed by atoms with E-state index in [0.717, 1.165) is 24.1 Å². The van der Waals surface area contributed by atoms with Crippen molar-refractivity contribution in [1.29, 1.82) is 0 Å². The first kappa shape index (κ1) is 15.1. The van der Waals surface area contributed by atoms with Crippen LogP contribution < -0.4 is 10.9 Å². The SMILES string of the molecule is O=C(NNC(=O)c1cc(-c2ccccc2)n[nH]1)c1cc(C2CC2)[nH]n1. The van der Waals surface area contributed by atoms with Crippen LogP contribution in [-0.2, 0) is 0 Å². The van der Waals surface area contributed by atoms with E-state index in [0.29, 0.717) is 11.6 Å². The third kappa shape index (κ3) is 3.27. The first-order valence-electron chi connectivity index (χ1n) is 7.97. The largest absolute Gasteiger partial charge is 0.290 e. The van der Waals surface area contributed by atoms with Gasteiger partial charge in [-0.25, -0.2) is 0 Å². The molecule has 0 unspecified atom stereocenters. The maximum absolute atomic E-state index is 12.1. The van der Waals surface area contributed by atoms with Gasteiger partial charge in [0.05, 0.1) is 5.69 Å². The van der Waals surface area contributed by atoms with Gasteiger partial charge < -0.3 is 0 Å². The number of rotatable bonds is 4. The number of carbonyl (C=O) groups excluding carboxylic acids is 2. The van der Waals surface area contributed by atoms with Crippen LogP contribution in [0, 0.1) is 0 Å². The zero-order chi connectivity index (χ0) is 17.2. The van der Waals surface area contributed by atoms with E-state index in [-0.39, 0.29) is 11.4 Å². The number of benzene rings is 1. The molecule has 1 fully saturated rings. The smallest absolute Gasteiger partial charge is 0.281 e. The van der Waals surface area contributed by atoms with E-state index in [1.165, 1.54) is 0 Å². The van der Waals surface area contributed by atoms with Crippen LogP contribution in [0.15, 0.2) is 42.5 Å². The minimum atomic E-state index is -0.485. The number of H-pyrrole nitrogens is 2. The summed E-state index contributed by atoms with van der Waals surface area (Å²) in [5, 5.41) is 13.6. The highest BCUT2D eigenvalue weighted by atomic mass is 16.2. The lowest BCUT2D eigenvalue weighted by atomic mass is 10.1. The fourth-order valence-electron chi connectivity index (χ4n) is 2.50. The lowest BCUT2D eigenvalue weighted by molar-refractivity contribution is 0.0841. The van der Waals surface area contributed by atoms with E-state index in [1.54, 1.807) is 12.1 Å². The van der Waals surface area contributed by atoms with Gasteiger partial charge in [-0.1, -0.05) is 30.3 Å². The summed E-state index contributed by atoms with van der Waals surface area (Å²) in [4.78, 5) is 24.2. The number of carbonyl (C=O) groups is 2. The fourth-order valence-corrected chi connectivity index (χ4v) is 2.50. The molecule has 0 radical (unpaired) electrons. The number of aromatic amines is 2. The molecule has 8 nitrogen and oxygen atoms in total. The Labute approximate surface area is 143 Å². The molecule has 4 N–H and O–H groups in total. The molecule has 0 spiro atoms. The zero-order valence-electron chi connectivity index (χ0n) is 13.2. The predicted molar refractivity (Wildman–Crippen MR) is 89.5 cm³/mol. The van der Waals surface area contributed by atoms with Gasteiger partial charge in [-0.15, -0.1) is 0 Å². The van der Waals surface area contributed by atoms with E-state index in [1.807, 2.05) is 30.3 Å². The highest BCUT2D eigenvalue weighted by Gasteiger charge is 2.26. The van der Waals surface area contributed by atoms with Crippen molar-refractivity contribution in [2.24, 2.45) is 0 Å². The Morgan fingerprint density at radius 2 is 1.72 bits per heavy atom. The Kier molecular flexibility index (Phi) is 3.77. The molecule has 4 rings (SSSR count). The summed E-state index contributed by atoms with van der Waals surface area (Å²) in [6.07, 6.45) is 2.23. The van der Waals surface area contributed by atoms with Crippen LogP contribution in [0.4, 0.5) is 0 Å². The van der Waals surface area contributed by atoms with E-state index < -0.39 is 11.8 Å². The fraction of sp³-hybridized carbons (Fsp3) is 0.176. The number of hydrogen-bond donors (Lipinski definition) is 4. The summed E-state index contributed by atoms with van der Waals surface area (Å²) < 4.78 is 0. The van der Waals surface area contributed by atoms with Crippen LogP contribution in [0.3, 0.4) is 0 Å². The van der Waals surface area contributed by atoms with Crippen molar-refractivity contribution in [2.75, 3.05) is 0 Å². The Balaban J connectivity index is 1.37. The topological polar surface area (TPSA) is 116 Å². The number of aromatic nitrogens is 4. The second kappa shape index (κ2) is 6.23. The van der Waals surface area contributed by atoms with Crippen molar-refractivity contribution in [3.8, 4) is 11.3 Å². The molecule has 0 saturated heterocycles. The second-order valence-electron chi connectivity index (χ2n) is 5.92. The van der Waals surface area contributed by atoms with Crippen molar-refractivity contribution in [1.82, 2.24) is 31.2 Å². The molecular weight excluding hydrogens is 320 g/mol. The van der Waals surface area contributed by atoms with Gasteiger partial charge in [0.25, 0.3) is 11.8 Å². The van der Waals surface area contributed by atoms with Crippen LogP contribution >= 0.6 is 0 Å². The van der Waals surface area contributed by atoms with E-state index in [2.05, 4.69) is 31.2 Å². The third-order valence-electron chi connectivity index (χ3n) is 4.03. The highest BCUT2D eigenvalue weighted by Crippen LogP contribution is 2.38. The number of nitrogens with one attached hydrogen (secondary N) is 4.